The van der Waals surface area contributed by atoms with Gasteiger partial charge in [-0.05, 0) is 26.0 Å². The molecule has 0 aliphatic heterocycles. The molecular weight excluding hydrogens is 236 g/mol. The molecule has 4 nitrogen and oxygen atoms in total. The van der Waals surface area contributed by atoms with E-state index in [4.69, 9.17) is 5.73 Å². The van der Waals surface area contributed by atoms with Gasteiger partial charge in [0.25, 0.3) is 0 Å². The molecule has 1 unspecified atom stereocenters. The van der Waals surface area contributed by atoms with Gasteiger partial charge in [0.05, 0.1) is 11.7 Å². The Morgan fingerprint density at radius 2 is 2.00 bits per heavy atom. The van der Waals surface area contributed by atoms with Crippen molar-refractivity contribution in [2.45, 2.75) is 19.9 Å². The Labute approximate surface area is 114 Å². The molecule has 2 N–H and O–H groups in total. The highest BCUT2D eigenvalue weighted by Crippen LogP contribution is 2.27. The van der Waals surface area contributed by atoms with Crippen LogP contribution in [0.4, 0.5) is 5.69 Å². The summed E-state index contributed by atoms with van der Waals surface area (Å²) in [6.45, 7) is 5.69. The maximum atomic E-state index is 6.02. The zero-order valence-corrected chi connectivity index (χ0v) is 11.9. The second kappa shape index (κ2) is 5.89. The summed E-state index contributed by atoms with van der Waals surface area (Å²) in [6, 6.07) is 10.6. The number of likely N-dealkylation sites (N-methyl/N-ethyl adjacent to an activating group) is 1. The number of anilines is 1. The smallest absolute Gasteiger partial charge is 0.0698 e. The Morgan fingerprint density at radius 3 is 2.47 bits per heavy atom. The van der Waals surface area contributed by atoms with Crippen molar-refractivity contribution >= 4 is 5.69 Å². The van der Waals surface area contributed by atoms with Gasteiger partial charge in [0.2, 0.25) is 0 Å². The molecule has 1 heterocycles. The van der Waals surface area contributed by atoms with Crippen molar-refractivity contribution < 1.29 is 0 Å². The molecule has 0 aliphatic carbocycles. The molecule has 0 amide bonds. The zero-order valence-electron chi connectivity index (χ0n) is 11.9. The zero-order chi connectivity index (χ0) is 13.8. The second-order valence-electron chi connectivity index (χ2n) is 4.72. The first kappa shape index (κ1) is 13.6. The van der Waals surface area contributed by atoms with Gasteiger partial charge in [-0.2, -0.15) is 5.10 Å². The lowest BCUT2D eigenvalue weighted by atomic mass is 10.1. The first-order chi connectivity index (χ1) is 9.17. The van der Waals surface area contributed by atoms with Crippen LogP contribution in [0.2, 0.25) is 0 Å². The summed E-state index contributed by atoms with van der Waals surface area (Å²) >= 11 is 0. The summed E-state index contributed by atoms with van der Waals surface area (Å²) in [4.78, 5) is 2.32. The molecule has 1 atom stereocenters. The van der Waals surface area contributed by atoms with Gasteiger partial charge in [0.15, 0.2) is 0 Å². The van der Waals surface area contributed by atoms with Crippen LogP contribution < -0.4 is 10.6 Å². The molecule has 0 aliphatic rings. The summed E-state index contributed by atoms with van der Waals surface area (Å²) < 4.78 is 1.85. The minimum absolute atomic E-state index is 0.168. The number of para-hydroxylation sites is 1. The molecule has 0 bridgehead atoms. The minimum atomic E-state index is 0.168. The molecule has 1 aromatic carbocycles. The van der Waals surface area contributed by atoms with Gasteiger partial charge in [-0.1, -0.05) is 18.2 Å². The van der Waals surface area contributed by atoms with Crippen molar-refractivity contribution in [3.63, 3.8) is 0 Å². The Balaban J connectivity index is 2.37. The van der Waals surface area contributed by atoms with Gasteiger partial charge in [-0.25, -0.2) is 0 Å². The van der Waals surface area contributed by atoms with E-state index in [1.165, 1.54) is 11.3 Å². The normalized spacial score (nSPS) is 12.4. The fourth-order valence-electron chi connectivity index (χ4n) is 2.57. The van der Waals surface area contributed by atoms with Gasteiger partial charge in [0, 0.05) is 37.6 Å². The van der Waals surface area contributed by atoms with Gasteiger partial charge < -0.3 is 10.6 Å². The maximum Gasteiger partial charge on any atom is 0.0698 e. The van der Waals surface area contributed by atoms with Gasteiger partial charge >= 0.3 is 0 Å². The molecule has 0 fully saturated rings. The Hall–Kier alpha value is -1.81. The van der Waals surface area contributed by atoms with Crippen LogP contribution in [0.5, 0.6) is 0 Å². The summed E-state index contributed by atoms with van der Waals surface area (Å²) in [6.07, 6.45) is 2.07. The topological polar surface area (TPSA) is 47.1 Å². The highest BCUT2D eigenvalue weighted by Gasteiger charge is 2.21. The Morgan fingerprint density at radius 1 is 1.32 bits per heavy atom. The van der Waals surface area contributed by atoms with E-state index < -0.39 is 0 Å². The lowest BCUT2D eigenvalue weighted by molar-refractivity contribution is 0.639. The van der Waals surface area contributed by atoms with Crippen LogP contribution in [0.3, 0.4) is 0 Å². The van der Waals surface area contributed by atoms with Crippen LogP contribution in [-0.2, 0) is 7.05 Å². The molecule has 0 radical (unpaired) electrons. The van der Waals surface area contributed by atoms with Crippen molar-refractivity contribution in [1.29, 1.82) is 0 Å². The lowest BCUT2D eigenvalue weighted by Gasteiger charge is -2.32. The van der Waals surface area contributed by atoms with E-state index in [9.17, 15) is 0 Å². The monoisotopic (exact) mass is 258 g/mol. The van der Waals surface area contributed by atoms with Crippen molar-refractivity contribution in [2.24, 2.45) is 12.8 Å². The number of hydrogen-bond acceptors (Lipinski definition) is 3. The molecule has 2 aromatic rings. The third kappa shape index (κ3) is 2.79. The number of rotatable bonds is 5. The number of aromatic nitrogens is 2. The first-order valence-corrected chi connectivity index (χ1v) is 6.69. The van der Waals surface area contributed by atoms with E-state index in [-0.39, 0.29) is 6.04 Å². The van der Waals surface area contributed by atoms with Crippen molar-refractivity contribution in [3.05, 3.63) is 47.8 Å². The molecular formula is C15H22N4. The van der Waals surface area contributed by atoms with Gasteiger partial charge in [0.1, 0.15) is 0 Å². The van der Waals surface area contributed by atoms with E-state index in [1.807, 2.05) is 24.7 Å². The van der Waals surface area contributed by atoms with Crippen LogP contribution >= 0.6 is 0 Å². The summed E-state index contributed by atoms with van der Waals surface area (Å²) in [5, 5.41) is 4.42. The molecule has 0 spiro atoms. The maximum absolute atomic E-state index is 6.02. The lowest BCUT2D eigenvalue weighted by Crippen LogP contribution is -2.33. The third-order valence-corrected chi connectivity index (χ3v) is 3.44. The van der Waals surface area contributed by atoms with Crippen LogP contribution in [0, 0.1) is 6.92 Å². The summed E-state index contributed by atoms with van der Waals surface area (Å²) in [5.74, 6) is 0. The molecule has 1 aromatic heterocycles. The van der Waals surface area contributed by atoms with Crippen LogP contribution in [0.25, 0.3) is 0 Å². The quantitative estimate of drug-likeness (QED) is 0.895. The van der Waals surface area contributed by atoms with Crippen LogP contribution in [0.1, 0.15) is 24.2 Å². The van der Waals surface area contributed by atoms with Crippen LogP contribution in [0.15, 0.2) is 36.5 Å². The third-order valence-electron chi connectivity index (χ3n) is 3.44. The van der Waals surface area contributed by atoms with E-state index in [2.05, 4.69) is 47.4 Å². The molecule has 19 heavy (non-hydrogen) atoms. The Kier molecular flexibility index (Phi) is 4.22. The number of benzene rings is 1. The highest BCUT2D eigenvalue weighted by atomic mass is 15.3. The SMILES string of the molecule is CCN(c1ccccc1)C(CN)c1cn(C)nc1C. The average Bonchev–Trinajstić information content (AvgIpc) is 2.75. The number of hydrogen-bond donors (Lipinski definition) is 1. The molecule has 0 saturated carbocycles. The summed E-state index contributed by atoms with van der Waals surface area (Å²) in [5.41, 5.74) is 9.47. The predicted molar refractivity (Wildman–Crippen MR) is 79.2 cm³/mol. The summed E-state index contributed by atoms with van der Waals surface area (Å²) in [7, 11) is 1.95. The fourth-order valence-corrected chi connectivity index (χ4v) is 2.57. The van der Waals surface area contributed by atoms with Crippen molar-refractivity contribution in [3.8, 4) is 0 Å². The largest absolute Gasteiger partial charge is 0.363 e. The Bertz CT molecular complexity index is 518. The fraction of sp³-hybridized carbons (Fsp3) is 0.400. The minimum Gasteiger partial charge on any atom is -0.363 e. The van der Waals surface area contributed by atoms with Gasteiger partial charge in [-0.3, -0.25) is 4.68 Å². The number of nitrogens with zero attached hydrogens (tertiary/aromatic N) is 3. The first-order valence-electron chi connectivity index (χ1n) is 6.69. The predicted octanol–water partition coefficient (Wildman–Crippen LogP) is 2.25. The van der Waals surface area contributed by atoms with E-state index in [0.29, 0.717) is 6.54 Å². The van der Waals surface area contributed by atoms with E-state index in [1.54, 1.807) is 0 Å². The second-order valence-corrected chi connectivity index (χ2v) is 4.72. The van der Waals surface area contributed by atoms with E-state index in [0.717, 1.165) is 12.2 Å². The van der Waals surface area contributed by atoms with E-state index >= 15 is 0 Å². The average molecular weight is 258 g/mol. The molecule has 0 saturated heterocycles. The highest BCUT2D eigenvalue weighted by molar-refractivity contribution is 5.49. The number of nitrogens with two attached hydrogens (primary N) is 1. The van der Waals surface area contributed by atoms with Gasteiger partial charge in [-0.15, -0.1) is 0 Å². The number of aryl methyl sites for hydroxylation is 2. The van der Waals surface area contributed by atoms with Crippen LogP contribution in [-0.4, -0.2) is 22.9 Å². The molecule has 4 heteroatoms. The van der Waals surface area contributed by atoms with Crippen molar-refractivity contribution in [1.82, 2.24) is 9.78 Å². The molecule has 2 rings (SSSR count). The van der Waals surface area contributed by atoms with Crippen molar-refractivity contribution in [2.75, 3.05) is 18.0 Å². The standard InChI is InChI=1S/C15H22N4/c1-4-19(13-8-6-5-7-9-13)15(10-16)14-11-18(3)17-12(14)2/h5-9,11,15H,4,10,16H2,1-3H3. The molecule has 102 valence electrons.